The molecule has 0 aromatic heterocycles. The van der Waals surface area contributed by atoms with Gasteiger partial charge in [0.25, 0.3) is 0 Å². The van der Waals surface area contributed by atoms with E-state index in [1.54, 1.807) is 6.92 Å². The fraction of sp³-hybridized carbons (Fsp3) is 0.455. The van der Waals surface area contributed by atoms with Crippen molar-refractivity contribution in [2.75, 3.05) is 32.5 Å². The molecule has 0 saturated heterocycles. The Bertz CT molecular complexity index is 551. The van der Waals surface area contributed by atoms with Gasteiger partial charge in [0.15, 0.2) is 0 Å². The van der Waals surface area contributed by atoms with Crippen LogP contribution in [0.25, 0.3) is 0 Å². The summed E-state index contributed by atoms with van der Waals surface area (Å²) in [5, 5.41) is -0.192. The maximum Gasteiger partial charge on any atom is 0.244 e. The Morgan fingerprint density at radius 2 is 2.11 bits per heavy atom. The largest absolute Gasteiger partial charge is 0.396 e. The molecule has 0 radical (unpaired) electrons. The van der Waals surface area contributed by atoms with Crippen LogP contribution < -0.4 is 5.73 Å². The maximum absolute atomic E-state index is 13.2. The van der Waals surface area contributed by atoms with E-state index in [-0.39, 0.29) is 35.3 Å². The Labute approximate surface area is 117 Å². The predicted octanol–water partition coefficient (Wildman–Crippen LogP) is 1.72. The smallest absolute Gasteiger partial charge is 0.244 e. The van der Waals surface area contributed by atoms with Gasteiger partial charge in [-0.3, -0.25) is 0 Å². The maximum atomic E-state index is 13.2. The number of nitrogen functional groups attached to an aromatic ring is 1. The number of likely N-dealkylation sites (N-methyl/N-ethyl adjacent to an activating group) is 1. The van der Waals surface area contributed by atoms with Gasteiger partial charge in [0.05, 0.1) is 17.3 Å². The van der Waals surface area contributed by atoms with Crippen molar-refractivity contribution in [1.29, 1.82) is 0 Å². The number of hydrogen-bond acceptors (Lipinski definition) is 4. The molecule has 0 aliphatic carbocycles. The van der Waals surface area contributed by atoms with Gasteiger partial charge in [-0.15, -0.1) is 0 Å². The van der Waals surface area contributed by atoms with Crippen molar-refractivity contribution in [3.05, 3.63) is 23.0 Å². The summed E-state index contributed by atoms with van der Waals surface area (Å²) < 4.78 is 44.0. The average Bonchev–Trinajstić information content (AvgIpc) is 2.34. The first-order valence-electron chi connectivity index (χ1n) is 5.58. The first-order valence-corrected chi connectivity index (χ1v) is 7.40. The Balaban J connectivity index is 3.22. The van der Waals surface area contributed by atoms with Crippen molar-refractivity contribution in [2.24, 2.45) is 0 Å². The number of hydrogen-bond donors (Lipinski definition) is 1. The number of halogens is 2. The summed E-state index contributed by atoms with van der Waals surface area (Å²) in [4.78, 5) is -0.203. The summed E-state index contributed by atoms with van der Waals surface area (Å²) in [6.45, 7) is 2.37. The molecule has 0 fully saturated rings. The number of nitrogens with two attached hydrogens (primary N) is 1. The highest BCUT2D eigenvalue weighted by molar-refractivity contribution is 7.89. The quantitative estimate of drug-likeness (QED) is 0.812. The molecular formula is C11H16ClFN2O3S. The zero-order valence-electron chi connectivity index (χ0n) is 10.7. The molecule has 5 nitrogen and oxygen atoms in total. The molecule has 1 rings (SSSR count). The number of ether oxygens (including phenoxy) is 1. The number of rotatable bonds is 6. The average molecular weight is 311 g/mol. The molecule has 0 spiro atoms. The molecule has 1 aromatic rings. The molecule has 2 N–H and O–H groups in total. The van der Waals surface area contributed by atoms with E-state index in [1.165, 1.54) is 11.4 Å². The summed E-state index contributed by atoms with van der Waals surface area (Å²) >= 11 is 5.79. The standard InChI is InChI=1S/C11H16ClFN2O3S/c1-3-15(4-5-18-2)19(16,17)11-7-10(14)9(13)6-8(11)12/h6-7H,3-5,14H2,1-2H3. The summed E-state index contributed by atoms with van der Waals surface area (Å²) in [6.07, 6.45) is 0. The number of nitrogens with zero attached hydrogens (tertiary/aromatic N) is 1. The van der Waals surface area contributed by atoms with Crippen LogP contribution in [0.1, 0.15) is 6.92 Å². The molecule has 8 heteroatoms. The molecular weight excluding hydrogens is 295 g/mol. The zero-order chi connectivity index (χ0) is 14.6. The second-order valence-electron chi connectivity index (χ2n) is 3.79. The van der Waals surface area contributed by atoms with Crippen LogP contribution in [-0.4, -0.2) is 39.5 Å². The van der Waals surface area contributed by atoms with Crippen LogP contribution in [0, 0.1) is 5.82 Å². The lowest BCUT2D eigenvalue weighted by Crippen LogP contribution is -2.34. The van der Waals surface area contributed by atoms with Crippen LogP contribution in [0.4, 0.5) is 10.1 Å². The van der Waals surface area contributed by atoms with Gasteiger partial charge in [0, 0.05) is 20.2 Å². The molecule has 0 bridgehead atoms. The SMILES string of the molecule is CCN(CCOC)S(=O)(=O)c1cc(N)c(F)cc1Cl. The minimum atomic E-state index is -3.82. The van der Waals surface area contributed by atoms with E-state index < -0.39 is 15.8 Å². The topological polar surface area (TPSA) is 72.6 Å². The van der Waals surface area contributed by atoms with Crippen LogP contribution in [-0.2, 0) is 14.8 Å². The van der Waals surface area contributed by atoms with E-state index in [1.807, 2.05) is 0 Å². The molecule has 0 amide bonds. The normalized spacial score (nSPS) is 12.1. The third-order valence-electron chi connectivity index (χ3n) is 2.57. The van der Waals surface area contributed by atoms with E-state index in [0.29, 0.717) is 0 Å². The Hall–Kier alpha value is -0.890. The van der Waals surface area contributed by atoms with E-state index in [4.69, 9.17) is 22.1 Å². The van der Waals surface area contributed by atoms with Crippen molar-refractivity contribution in [2.45, 2.75) is 11.8 Å². The van der Waals surface area contributed by atoms with Crippen LogP contribution in [0.5, 0.6) is 0 Å². The molecule has 1 aromatic carbocycles. The molecule has 0 heterocycles. The minimum absolute atomic E-state index is 0.183. The Kier molecular flexibility index (Phi) is 5.54. The van der Waals surface area contributed by atoms with Crippen LogP contribution in [0.3, 0.4) is 0 Å². The molecule has 0 aliphatic heterocycles. The first-order chi connectivity index (χ1) is 8.84. The monoisotopic (exact) mass is 310 g/mol. The summed E-state index contributed by atoms with van der Waals surface area (Å²) in [7, 11) is -2.34. The number of sulfonamides is 1. The van der Waals surface area contributed by atoms with E-state index >= 15 is 0 Å². The van der Waals surface area contributed by atoms with Crippen molar-refractivity contribution >= 4 is 27.3 Å². The fourth-order valence-corrected chi connectivity index (χ4v) is 3.48. The molecule has 19 heavy (non-hydrogen) atoms. The van der Waals surface area contributed by atoms with E-state index in [0.717, 1.165) is 12.1 Å². The Morgan fingerprint density at radius 3 is 2.63 bits per heavy atom. The highest BCUT2D eigenvalue weighted by Crippen LogP contribution is 2.28. The lowest BCUT2D eigenvalue weighted by atomic mass is 10.3. The highest BCUT2D eigenvalue weighted by atomic mass is 35.5. The van der Waals surface area contributed by atoms with Gasteiger partial charge in [-0.1, -0.05) is 18.5 Å². The predicted molar refractivity (Wildman–Crippen MR) is 72.1 cm³/mol. The third-order valence-corrected chi connectivity index (χ3v) is 5.01. The van der Waals surface area contributed by atoms with Gasteiger partial charge in [0.2, 0.25) is 10.0 Å². The van der Waals surface area contributed by atoms with Gasteiger partial charge in [-0.05, 0) is 12.1 Å². The zero-order valence-corrected chi connectivity index (χ0v) is 12.3. The first kappa shape index (κ1) is 16.2. The molecule has 0 aliphatic rings. The number of methoxy groups -OCH3 is 1. The molecule has 0 saturated carbocycles. The third kappa shape index (κ3) is 3.56. The molecule has 0 atom stereocenters. The van der Waals surface area contributed by atoms with Gasteiger partial charge in [0.1, 0.15) is 10.7 Å². The summed E-state index contributed by atoms with van der Waals surface area (Å²) in [5.74, 6) is -0.746. The van der Waals surface area contributed by atoms with Gasteiger partial charge in [-0.2, -0.15) is 4.31 Å². The second kappa shape index (κ2) is 6.51. The van der Waals surface area contributed by atoms with Gasteiger partial charge in [-0.25, -0.2) is 12.8 Å². The lowest BCUT2D eigenvalue weighted by molar-refractivity contribution is 0.180. The number of anilines is 1. The van der Waals surface area contributed by atoms with E-state index in [9.17, 15) is 12.8 Å². The van der Waals surface area contributed by atoms with Crippen LogP contribution in [0.2, 0.25) is 5.02 Å². The van der Waals surface area contributed by atoms with Crippen molar-refractivity contribution in [3.63, 3.8) is 0 Å². The van der Waals surface area contributed by atoms with Crippen molar-refractivity contribution in [1.82, 2.24) is 4.31 Å². The summed E-state index contributed by atoms with van der Waals surface area (Å²) in [5.41, 5.74) is 5.13. The van der Waals surface area contributed by atoms with Crippen LogP contribution in [0.15, 0.2) is 17.0 Å². The molecule has 0 unspecified atom stereocenters. The Morgan fingerprint density at radius 1 is 1.47 bits per heavy atom. The highest BCUT2D eigenvalue weighted by Gasteiger charge is 2.26. The lowest BCUT2D eigenvalue weighted by Gasteiger charge is -2.21. The minimum Gasteiger partial charge on any atom is -0.396 e. The van der Waals surface area contributed by atoms with Crippen molar-refractivity contribution in [3.8, 4) is 0 Å². The van der Waals surface area contributed by atoms with Crippen LogP contribution >= 0.6 is 11.6 Å². The van der Waals surface area contributed by atoms with Gasteiger partial charge < -0.3 is 10.5 Å². The van der Waals surface area contributed by atoms with Gasteiger partial charge >= 0.3 is 0 Å². The van der Waals surface area contributed by atoms with Crippen molar-refractivity contribution < 1.29 is 17.5 Å². The summed E-state index contributed by atoms with van der Waals surface area (Å²) in [6, 6.07) is 1.93. The number of benzene rings is 1. The fourth-order valence-electron chi connectivity index (χ4n) is 1.52. The molecule has 108 valence electrons. The second-order valence-corrected chi connectivity index (χ2v) is 6.11. The van der Waals surface area contributed by atoms with E-state index in [2.05, 4.69) is 0 Å².